The minimum absolute atomic E-state index is 0.548. The summed E-state index contributed by atoms with van der Waals surface area (Å²) in [5.41, 5.74) is 11.2. The molecule has 0 saturated carbocycles. The van der Waals surface area contributed by atoms with E-state index in [4.69, 9.17) is 0 Å². The minimum Gasteiger partial charge on any atom is -0.310 e. The van der Waals surface area contributed by atoms with Gasteiger partial charge in [0.05, 0.1) is 23.3 Å². The third kappa shape index (κ3) is 4.79. The molecule has 3 heteroatoms. The van der Waals surface area contributed by atoms with E-state index < -0.39 is 0 Å². The van der Waals surface area contributed by atoms with E-state index in [1.807, 2.05) is 12.1 Å². The van der Waals surface area contributed by atoms with Crippen molar-refractivity contribution < 1.29 is 0 Å². The van der Waals surface area contributed by atoms with E-state index in [2.05, 4.69) is 114 Å². The van der Waals surface area contributed by atoms with Crippen molar-refractivity contribution in [1.82, 2.24) is 0 Å². The van der Waals surface area contributed by atoms with Crippen molar-refractivity contribution >= 4 is 17.1 Å². The number of para-hydroxylation sites is 2. The number of nitriles is 2. The van der Waals surface area contributed by atoms with Crippen LogP contribution in [0.1, 0.15) is 33.4 Å². The molecule has 0 fully saturated rings. The molecule has 4 aliphatic rings. The Morgan fingerprint density at radius 1 is 0.513 bits per heavy atom. The first-order valence-corrected chi connectivity index (χ1v) is 13.3. The molecule has 0 saturated heterocycles. The molecule has 0 radical (unpaired) electrons. The fourth-order valence-electron chi connectivity index (χ4n) is 5.58. The molecular weight excluding hydrogens is 474 g/mol. The molecule has 4 aliphatic carbocycles. The molecule has 39 heavy (non-hydrogen) atoms. The van der Waals surface area contributed by atoms with Gasteiger partial charge in [-0.1, -0.05) is 72.8 Å². The highest BCUT2D eigenvalue weighted by Gasteiger charge is 2.20. The highest BCUT2D eigenvalue weighted by molar-refractivity contribution is 5.80. The van der Waals surface area contributed by atoms with Crippen LogP contribution in [-0.4, -0.2) is 0 Å². The zero-order chi connectivity index (χ0) is 26.6. The third-order valence-electron chi connectivity index (χ3n) is 7.53. The normalized spacial score (nSPS) is 12.2. The quantitative estimate of drug-likeness (QED) is 0.248. The van der Waals surface area contributed by atoms with E-state index in [0.29, 0.717) is 11.1 Å². The summed E-state index contributed by atoms with van der Waals surface area (Å²) in [5.74, 6) is 0. The molecule has 0 heterocycles. The van der Waals surface area contributed by atoms with Crippen molar-refractivity contribution in [2.45, 2.75) is 25.7 Å². The second kappa shape index (κ2) is 10.7. The highest BCUT2D eigenvalue weighted by atomic mass is 15.1. The van der Waals surface area contributed by atoms with Crippen LogP contribution in [0.2, 0.25) is 0 Å². The molecule has 0 N–H and O–H groups in total. The molecule has 0 amide bonds. The average Bonchev–Trinajstić information content (AvgIpc) is 2.99. The summed E-state index contributed by atoms with van der Waals surface area (Å²) in [5, 5.41) is 19.7. The maximum absolute atomic E-state index is 9.85. The number of rotatable bonds is 4. The van der Waals surface area contributed by atoms with E-state index in [9.17, 15) is 10.5 Å². The lowest BCUT2D eigenvalue weighted by atomic mass is 9.86. The molecule has 0 aromatic heterocycles. The van der Waals surface area contributed by atoms with Crippen molar-refractivity contribution in [3.8, 4) is 23.3 Å². The molecule has 0 spiro atoms. The monoisotopic (exact) mass is 501 g/mol. The van der Waals surface area contributed by atoms with Crippen molar-refractivity contribution in [2.24, 2.45) is 0 Å². The summed E-state index contributed by atoms with van der Waals surface area (Å²) in [6.07, 6.45) is 3.40. The van der Waals surface area contributed by atoms with Crippen LogP contribution in [0, 0.1) is 22.7 Å². The molecule has 4 bridgehead atoms. The van der Waals surface area contributed by atoms with E-state index >= 15 is 0 Å². The second-order valence-corrected chi connectivity index (χ2v) is 9.91. The molecule has 5 aromatic carbocycles. The summed E-state index contributed by atoms with van der Waals surface area (Å²) in [6, 6.07) is 44.6. The Morgan fingerprint density at radius 2 is 1.05 bits per heavy atom. The van der Waals surface area contributed by atoms with Gasteiger partial charge in [0.25, 0.3) is 0 Å². The molecular formula is C36H27N3. The molecule has 3 nitrogen and oxygen atoms in total. The van der Waals surface area contributed by atoms with Gasteiger partial charge in [-0.15, -0.1) is 0 Å². The molecule has 0 unspecified atom stereocenters. The number of anilines is 3. The Labute approximate surface area is 229 Å². The van der Waals surface area contributed by atoms with E-state index in [-0.39, 0.29) is 0 Å². The number of nitrogens with zero attached hydrogens (tertiary/aromatic N) is 3. The van der Waals surface area contributed by atoms with Gasteiger partial charge in [0.15, 0.2) is 0 Å². The van der Waals surface area contributed by atoms with Crippen LogP contribution < -0.4 is 4.90 Å². The SMILES string of the molecule is N#Cc1cccc(C#N)c1-c1cc2ccc1CCc1ccc(c(N(c3ccccc3)c3ccccc3)c1)CC2. The van der Waals surface area contributed by atoms with E-state index in [1.165, 1.54) is 22.4 Å². The molecule has 9 rings (SSSR count). The summed E-state index contributed by atoms with van der Waals surface area (Å²) >= 11 is 0. The Kier molecular flexibility index (Phi) is 6.65. The smallest absolute Gasteiger partial charge is 0.0998 e. The van der Waals surface area contributed by atoms with Crippen LogP contribution in [0.5, 0.6) is 0 Å². The maximum Gasteiger partial charge on any atom is 0.0998 e. The lowest BCUT2D eigenvalue weighted by molar-refractivity contribution is 0.920. The average molecular weight is 502 g/mol. The van der Waals surface area contributed by atoms with Crippen molar-refractivity contribution in [3.63, 3.8) is 0 Å². The van der Waals surface area contributed by atoms with Crippen LogP contribution in [0.4, 0.5) is 17.1 Å². The van der Waals surface area contributed by atoms with Gasteiger partial charge in [-0.05, 0) is 96.0 Å². The van der Waals surface area contributed by atoms with Crippen LogP contribution in [0.25, 0.3) is 11.1 Å². The number of hydrogen-bond donors (Lipinski definition) is 0. The van der Waals surface area contributed by atoms with Gasteiger partial charge >= 0.3 is 0 Å². The summed E-state index contributed by atoms with van der Waals surface area (Å²) in [4.78, 5) is 2.36. The predicted octanol–water partition coefficient (Wildman–Crippen LogP) is 8.45. The first kappa shape index (κ1) is 24.2. The van der Waals surface area contributed by atoms with Crippen molar-refractivity contribution in [1.29, 1.82) is 10.5 Å². The molecule has 5 aromatic rings. The van der Waals surface area contributed by atoms with E-state index in [0.717, 1.165) is 53.7 Å². The van der Waals surface area contributed by atoms with Crippen molar-refractivity contribution in [2.75, 3.05) is 4.90 Å². The van der Waals surface area contributed by atoms with Gasteiger partial charge in [0, 0.05) is 22.6 Å². The second-order valence-electron chi connectivity index (χ2n) is 9.91. The van der Waals surface area contributed by atoms with Crippen LogP contribution in [0.3, 0.4) is 0 Å². The first-order chi connectivity index (χ1) is 19.2. The van der Waals surface area contributed by atoms with Gasteiger partial charge in [-0.25, -0.2) is 0 Å². The van der Waals surface area contributed by atoms with Crippen molar-refractivity contribution in [3.05, 3.63) is 149 Å². The zero-order valence-electron chi connectivity index (χ0n) is 21.6. The molecule has 0 aliphatic heterocycles. The van der Waals surface area contributed by atoms with Gasteiger partial charge in [-0.3, -0.25) is 0 Å². The van der Waals surface area contributed by atoms with Gasteiger partial charge in [0.1, 0.15) is 0 Å². The first-order valence-electron chi connectivity index (χ1n) is 13.3. The van der Waals surface area contributed by atoms with Gasteiger partial charge in [0.2, 0.25) is 0 Å². The van der Waals surface area contributed by atoms with Gasteiger partial charge < -0.3 is 4.90 Å². The van der Waals surface area contributed by atoms with Crippen LogP contribution >= 0.6 is 0 Å². The maximum atomic E-state index is 9.85. The third-order valence-corrected chi connectivity index (χ3v) is 7.53. The lowest BCUT2D eigenvalue weighted by Gasteiger charge is -2.29. The Morgan fingerprint density at radius 3 is 1.64 bits per heavy atom. The highest BCUT2D eigenvalue weighted by Crippen LogP contribution is 2.39. The summed E-state index contributed by atoms with van der Waals surface area (Å²) in [6.45, 7) is 0. The van der Waals surface area contributed by atoms with Crippen LogP contribution in [-0.2, 0) is 25.7 Å². The largest absolute Gasteiger partial charge is 0.310 e. The van der Waals surface area contributed by atoms with Crippen LogP contribution in [0.15, 0.2) is 115 Å². The minimum atomic E-state index is 0.548. The Hall–Kier alpha value is -5.12. The lowest BCUT2D eigenvalue weighted by Crippen LogP contribution is -2.13. The zero-order valence-corrected chi connectivity index (χ0v) is 21.6. The van der Waals surface area contributed by atoms with E-state index in [1.54, 1.807) is 6.07 Å². The Bertz CT molecular complexity index is 1650. The molecule has 0 atom stereocenters. The summed E-state index contributed by atoms with van der Waals surface area (Å²) in [7, 11) is 0. The fourth-order valence-corrected chi connectivity index (χ4v) is 5.58. The standard InChI is InChI=1S/C36H27N3/c37-24-30-8-7-9-31(25-38)36(30)34-22-26-14-18-28(34)19-15-27-17-21-29(20-16-26)35(23-27)39(32-10-3-1-4-11-32)33-12-5-2-6-13-33/h1-14,17-18,21-23H,15-16,19-20H2. The number of benzene rings is 5. The number of aryl methyl sites for hydroxylation is 4. The fraction of sp³-hybridized carbons (Fsp3) is 0.111. The predicted molar refractivity (Wildman–Crippen MR) is 157 cm³/mol. The topological polar surface area (TPSA) is 50.8 Å². The number of hydrogen-bond acceptors (Lipinski definition) is 3. The summed E-state index contributed by atoms with van der Waals surface area (Å²) < 4.78 is 0. The van der Waals surface area contributed by atoms with Gasteiger partial charge in [-0.2, -0.15) is 10.5 Å². The molecule has 186 valence electrons. The Balaban J connectivity index is 1.46.